The van der Waals surface area contributed by atoms with Crippen LogP contribution in [0, 0.1) is 0 Å². The van der Waals surface area contributed by atoms with E-state index < -0.39 is 0 Å². The fourth-order valence-electron chi connectivity index (χ4n) is 2.78. The number of ether oxygens (including phenoxy) is 1. The maximum Gasteiger partial charge on any atom is 0.121 e. The van der Waals surface area contributed by atoms with Crippen molar-refractivity contribution in [3.05, 3.63) is 61.1 Å². The van der Waals surface area contributed by atoms with Crippen LogP contribution in [0.1, 0.15) is 0 Å². The van der Waals surface area contributed by atoms with E-state index >= 15 is 0 Å². The Bertz CT molecular complexity index is 1040. The molecule has 0 fully saturated rings. The molecule has 0 amide bonds. The van der Waals surface area contributed by atoms with E-state index in [4.69, 9.17) is 9.84 Å². The van der Waals surface area contributed by atoms with Crippen LogP contribution in [0.4, 0.5) is 0 Å². The number of halogens is 1. The molecule has 0 saturated carbocycles. The summed E-state index contributed by atoms with van der Waals surface area (Å²) in [5.74, 6) is 0.782. The van der Waals surface area contributed by atoms with Gasteiger partial charge in [0, 0.05) is 28.8 Å². The van der Waals surface area contributed by atoms with Crippen molar-refractivity contribution in [2.45, 2.75) is 0 Å². The Hall–Kier alpha value is -2.05. The summed E-state index contributed by atoms with van der Waals surface area (Å²) < 4.78 is 7.26. The van der Waals surface area contributed by atoms with Crippen LogP contribution >= 0.6 is 28.4 Å². The minimum Gasteiger partial charge on any atom is -0.497 e. The number of nitrogens with zero attached hydrogens (tertiary/aromatic N) is 4. The largest absolute Gasteiger partial charge is 0.497 e. The van der Waals surface area contributed by atoms with Crippen molar-refractivity contribution in [3.8, 4) is 28.3 Å². The second-order valence-electron chi connectivity index (χ2n) is 5.39. The smallest absolute Gasteiger partial charge is 0.121 e. The molecule has 1 unspecified atom stereocenters. The van der Waals surface area contributed by atoms with Gasteiger partial charge >= 0.3 is 0 Å². The van der Waals surface area contributed by atoms with Crippen LogP contribution in [0.25, 0.3) is 33.4 Å². The topological polar surface area (TPSA) is 52.8 Å². The van der Waals surface area contributed by atoms with Crippen LogP contribution in [0.3, 0.4) is 0 Å². The molecular weight excluding hydrogens is 446 g/mol. The average Bonchev–Trinajstić information content (AvgIpc) is 3.12. The molecule has 2 aromatic heterocycles. The molecule has 0 saturated heterocycles. The summed E-state index contributed by atoms with van der Waals surface area (Å²) in [6.45, 7) is 0. The molecule has 0 spiro atoms. The minimum absolute atomic E-state index is 0.524. The molecular formula is C18H14IN4OP. The second kappa shape index (κ2) is 7.06. The summed E-state index contributed by atoms with van der Waals surface area (Å²) in [5, 5.41) is 5.74. The number of fused-ring (bicyclic) bond motifs is 1. The monoisotopic (exact) mass is 460 g/mol. The second-order valence-corrected chi connectivity index (χ2v) is 7.47. The Morgan fingerprint density at radius 1 is 1.04 bits per heavy atom. The first-order valence-electron chi connectivity index (χ1n) is 7.61. The Morgan fingerprint density at radius 3 is 2.64 bits per heavy atom. The van der Waals surface area contributed by atoms with Gasteiger partial charge in [-0.3, -0.25) is 0 Å². The highest BCUT2D eigenvalue weighted by molar-refractivity contribution is 14.2. The molecule has 0 aliphatic carbocycles. The van der Waals surface area contributed by atoms with E-state index in [2.05, 4.69) is 50.3 Å². The number of benzene rings is 2. The Balaban J connectivity index is 1.96. The minimum atomic E-state index is 0.524. The first-order chi connectivity index (χ1) is 12.3. The van der Waals surface area contributed by atoms with E-state index in [1.807, 2.05) is 40.9 Å². The molecule has 0 N–H and O–H groups in total. The standard InChI is InChI=1S/C18H14IN4OP/c1-24-13-7-8-14-16(9-13)20-11-21-18(14)15-10-23(25-19)22-17(15)12-5-3-2-4-6-12/h2-11,25H,1H3. The fraction of sp³-hybridized carbons (Fsp3) is 0.0556. The molecule has 7 heteroatoms. The summed E-state index contributed by atoms with van der Waals surface area (Å²) in [6, 6.07) is 16.0. The molecule has 0 aliphatic rings. The highest BCUT2D eigenvalue weighted by Gasteiger charge is 2.17. The third kappa shape index (κ3) is 3.12. The van der Waals surface area contributed by atoms with Crippen LogP contribution in [0.2, 0.25) is 0 Å². The lowest BCUT2D eigenvalue weighted by atomic mass is 10.0. The first kappa shape index (κ1) is 16.4. The van der Waals surface area contributed by atoms with Crippen molar-refractivity contribution >= 4 is 39.3 Å². The average molecular weight is 460 g/mol. The van der Waals surface area contributed by atoms with Crippen molar-refractivity contribution in [3.63, 3.8) is 0 Å². The molecule has 0 aliphatic heterocycles. The predicted octanol–water partition coefficient (Wildman–Crippen LogP) is 4.96. The van der Waals surface area contributed by atoms with Gasteiger partial charge in [0.25, 0.3) is 0 Å². The highest BCUT2D eigenvalue weighted by atomic mass is 127. The Morgan fingerprint density at radius 2 is 1.88 bits per heavy atom. The predicted molar refractivity (Wildman–Crippen MR) is 110 cm³/mol. The molecule has 124 valence electrons. The molecule has 0 radical (unpaired) electrons. The molecule has 25 heavy (non-hydrogen) atoms. The Labute approximate surface area is 159 Å². The zero-order valence-corrected chi connectivity index (χ0v) is 16.5. The van der Waals surface area contributed by atoms with E-state index in [9.17, 15) is 0 Å². The molecule has 5 nitrogen and oxygen atoms in total. The lowest BCUT2D eigenvalue weighted by Gasteiger charge is -2.07. The van der Waals surface area contributed by atoms with Crippen LogP contribution in [-0.4, -0.2) is 26.6 Å². The molecule has 1 atom stereocenters. The summed E-state index contributed by atoms with van der Waals surface area (Å²) >= 11 is 2.33. The van der Waals surface area contributed by atoms with Gasteiger partial charge in [-0.15, -0.1) is 0 Å². The number of hydrogen-bond donors (Lipinski definition) is 0. The van der Waals surface area contributed by atoms with Crippen molar-refractivity contribution in [2.24, 2.45) is 0 Å². The maximum atomic E-state index is 5.31. The van der Waals surface area contributed by atoms with E-state index in [0.29, 0.717) is 6.37 Å². The van der Waals surface area contributed by atoms with E-state index in [0.717, 1.165) is 39.2 Å². The van der Waals surface area contributed by atoms with Gasteiger partial charge < -0.3 is 4.74 Å². The molecule has 2 heterocycles. The maximum absolute atomic E-state index is 5.31. The van der Waals surface area contributed by atoms with E-state index in [1.165, 1.54) is 0 Å². The third-order valence-corrected chi connectivity index (χ3v) is 5.83. The van der Waals surface area contributed by atoms with Crippen molar-refractivity contribution in [1.82, 2.24) is 19.5 Å². The van der Waals surface area contributed by atoms with Crippen molar-refractivity contribution in [1.29, 1.82) is 0 Å². The van der Waals surface area contributed by atoms with E-state index in [1.54, 1.807) is 13.4 Å². The van der Waals surface area contributed by atoms with Crippen molar-refractivity contribution in [2.75, 3.05) is 7.11 Å². The van der Waals surface area contributed by atoms with Gasteiger partial charge in [0.1, 0.15) is 17.8 Å². The number of aromatic nitrogens is 4. The lowest BCUT2D eigenvalue weighted by molar-refractivity contribution is 0.415. The number of rotatable bonds is 4. The fourth-order valence-corrected chi connectivity index (χ4v) is 3.84. The molecule has 2 aromatic carbocycles. The zero-order valence-electron chi connectivity index (χ0n) is 13.3. The van der Waals surface area contributed by atoms with Gasteiger partial charge in [-0.1, -0.05) is 30.3 Å². The SMILES string of the molecule is COc1ccc2c(-c3cn(PI)nc3-c3ccccc3)ncnc2c1. The van der Waals surface area contributed by atoms with Crippen LogP contribution in [0.15, 0.2) is 61.1 Å². The molecule has 0 bridgehead atoms. The van der Waals surface area contributed by atoms with Crippen LogP contribution < -0.4 is 4.74 Å². The van der Waals surface area contributed by atoms with Crippen LogP contribution in [-0.2, 0) is 0 Å². The van der Waals surface area contributed by atoms with Gasteiger partial charge in [-0.25, -0.2) is 14.4 Å². The summed E-state index contributed by atoms with van der Waals surface area (Å²) in [4.78, 5) is 8.95. The van der Waals surface area contributed by atoms with Gasteiger partial charge in [0.15, 0.2) is 0 Å². The quantitative estimate of drug-likeness (QED) is 0.319. The number of hydrogen-bond acceptors (Lipinski definition) is 4. The number of methoxy groups -OCH3 is 1. The Kier molecular flexibility index (Phi) is 4.63. The van der Waals surface area contributed by atoms with Gasteiger partial charge in [-0.05, 0) is 34.2 Å². The van der Waals surface area contributed by atoms with Gasteiger partial charge in [0.05, 0.1) is 24.7 Å². The first-order valence-corrected chi connectivity index (χ1v) is 11.7. The van der Waals surface area contributed by atoms with Crippen molar-refractivity contribution < 1.29 is 4.74 Å². The van der Waals surface area contributed by atoms with E-state index in [-0.39, 0.29) is 0 Å². The summed E-state index contributed by atoms with van der Waals surface area (Å²) in [6.07, 6.45) is 4.17. The van der Waals surface area contributed by atoms with Gasteiger partial charge in [-0.2, -0.15) is 5.10 Å². The van der Waals surface area contributed by atoms with Crippen LogP contribution in [0.5, 0.6) is 5.75 Å². The summed E-state index contributed by atoms with van der Waals surface area (Å²) in [5.41, 5.74) is 4.75. The molecule has 4 rings (SSSR count). The molecule has 4 aromatic rings. The third-order valence-electron chi connectivity index (χ3n) is 3.95. The van der Waals surface area contributed by atoms with Gasteiger partial charge in [0.2, 0.25) is 0 Å². The summed E-state index contributed by atoms with van der Waals surface area (Å²) in [7, 11) is 1.65. The lowest BCUT2D eigenvalue weighted by Crippen LogP contribution is -1.91. The zero-order chi connectivity index (χ0) is 17.2. The normalized spacial score (nSPS) is 11.4. The highest BCUT2D eigenvalue weighted by Crippen LogP contribution is 2.37.